The molecule has 0 heterocycles. The molecule has 3 nitrogen and oxygen atoms in total. The molecule has 0 aromatic rings. The summed E-state index contributed by atoms with van der Waals surface area (Å²) in [5, 5.41) is 23.9. The minimum absolute atomic E-state index is 0.218. The van der Waals surface area contributed by atoms with Crippen molar-refractivity contribution in [3.8, 4) is 0 Å². The van der Waals surface area contributed by atoms with Gasteiger partial charge in [-0.25, -0.2) is 0 Å². The Morgan fingerprint density at radius 2 is 1.89 bits per heavy atom. The minimum Gasteiger partial charge on any atom is -0.389 e. The fraction of sp³-hybridized carbons (Fsp3) is 1.00. The molecule has 108 valence electrons. The molecule has 1 atom stereocenters. The van der Waals surface area contributed by atoms with Crippen LogP contribution in [0.2, 0.25) is 0 Å². The average molecular weight is 257 g/mol. The zero-order valence-electron chi connectivity index (χ0n) is 12.5. The molecule has 1 rings (SSSR count). The summed E-state index contributed by atoms with van der Waals surface area (Å²) in [4.78, 5) is 0. The van der Waals surface area contributed by atoms with Crippen LogP contribution in [-0.2, 0) is 0 Å². The van der Waals surface area contributed by atoms with Crippen LogP contribution in [0, 0.1) is 11.8 Å². The molecule has 0 aromatic heterocycles. The molecular weight excluding hydrogens is 226 g/mol. The van der Waals surface area contributed by atoms with Crippen molar-refractivity contribution in [2.75, 3.05) is 13.1 Å². The Labute approximate surface area is 112 Å². The molecule has 1 fully saturated rings. The van der Waals surface area contributed by atoms with Gasteiger partial charge in [0.2, 0.25) is 0 Å². The summed E-state index contributed by atoms with van der Waals surface area (Å²) in [6.07, 6.45) is 5.28. The quantitative estimate of drug-likeness (QED) is 0.684. The van der Waals surface area contributed by atoms with Crippen LogP contribution in [-0.4, -0.2) is 34.5 Å². The van der Waals surface area contributed by atoms with Gasteiger partial charge in [0.1, 0.15) is 0 Å². The maximum Gasteiger partial charge on any atom is 0.0771 e. The van der Waals surface area contributed by atoms with E-state index in [-0.39, 0.29) is 5.92 Å². The third-order valence-corrected chi connectivity index (χ3v) is 4.79. The molecule has 0 spiro atoms. The molecule has 0 saturated heterocycles. The van der Waals surface area contributed by atoms with Crippen molar-refractivity contribution in [3.63, 3.8) is 0 Å². The highest BCUT2D eigenvalue weighted by atomic mass is 16.3. The summed E-state index contributed by atoms with van der Waals surface area (Å²) in [6, 6.07) is 0. The van der Waals surface area contributed by atoms with Gasteiger partial charge in [0, 0.05) is 13.1 Å². The number of hydrogen-bond acceptors (Lipinski definition) is 3. The zero-order chi connectivity index (χ0) is 13.8. The Morgan fingerprint density at radius 3 is 2.33 bits per heavy atom. The van der Waals surface area contributed by atoms with E-state index in [1.807, 2.05) is 20.8 Å². The fourth-order valence-electron chi connectivity index (χ4n) is 2.55. The first-order valence-electron chi connectivity index (χ1n) is 7.44. The molecule has 3 N–H and O–H groups in total. The van der Waals surface area contributed by atoms with E-state index in [1.165, 1.54) is 6.42 Å². The fourth-order valence-corrected chi connectivity index (χ4v) is 2.55. The SMILES string of the molecule is CCC1CCC(O)(CNCC(C)(O)C(C)C)CC1. The second-order valence-electron chi connectivity index (χ2n) is 6.69. The first-order chi connectivity index (χ1) is 8.29. The van der Waals surface area contributed by atoms with Gasteiger partial charge in [0.15, 0.2) is 0 Å². The molecule has 0 aromatic carbocycles. The maximum absolute atomic E-state index is 10.5. The van der Waals surface area contributed by atoms with Crippen molar-refractivity contribution in [3.05, 3.63) is 0 Å². The lowest BCUT2D eigenvalue weighted by atomic mass is 9.77. The average Bonchev–Trinajstić information content (AvgIpc) is 2.29. The van der Waals surface area contributed by atoms with E-state index >= 15 is 0 Å². The van der Waals surface area contributed by atoms with Gasteiger partial charge in [-0.2, -0.15) is 0 Å². The molecule has 1 saturated carbocycles. The van der Waals surface area contributed by atoms with E-state index in [1.54, 1.807) is 0 Å². The summed E-state index contributed by atoms with van der Waals surface area (Å²) in [5.74, 6) is 1.01. The van der Waals surface area contributed by atoms with Crippen molar-refractivity contribution in [2.24, 2.45) is 11.8 Å². The molecule has 3 heteroatoms. The van der Waals surface area contributed by atoms with Gasteiger partial charge in [0.25, 0.3) is 0 Å². The predicted octanol–water partition coefficient (Wildman–Crippen LogP) is 2.31. The maximum atomic E-state index is 10.5. The number of hydrogen-bond donors (Lipinski definition) is 3. The van der Waals surface area contributed by atoms with Gasteiger partial charge < -0.3 is 15.5 Å². The van der Waals surface area contributed by atoms with Crippen molar-refractivity contribution >= 4 is 0 Å². The van der Waals surface area contributed by atoms with Gasteiger partial charge in [-0.05, 0) is 44.4 Å². The monoisotopic (exact) mass is 257 g/mol. The van der Waals surface area contributed by atoms with Crippen LogP contribution in [0.15, 0.2) is 0 Å². The number of aliphatic hydroxyl groups is 2. The van der Waals surface area contributed by atoms with Gasteiger partial charge >= 0.3 is 0 Å². The van der Waals surface area contributed by atoms with Crippen LogP contribution in [0.25, 0.3) is 0 Å². The third kappa shape index (κ3) is 4.52. The summed E-state index contributed by atoms with van der Waals surface area (Å²) in [6.45, 7) is 9.26. The molecule has 0 bridgehead atoms. The van der Waals surface area contributed by atoms with E-state index in [9.17, 15) is 10.2 Å². The van der Waals surface area contributed by atoms with Gasteiger partial charge in [-0.3, -0.25) is 0 Å². The number of rotatable bonds is 6. The van der Waals surface area contributed by atoms with Gasteiger partial charge in [-0.15, -0.1) is 0 Å². The number of nitrogens with one attached hydrogen (secondary N) is 1. The highest BCUT2D eigenvalue weighted by molar-refractivity contribution is 4.88. The largest absolute Gasteiger partial charge is 0.389 e. The zero-order valence-corrected chi connectivity index (χ0v) is 12.5. The second-order valence-corrected chi connectivity index (χ2v) is 6.69. The van der Waals surface area contributed by atoms with Crippen LogP contribution in [0.5, 0.6) is 0 Å². The van der Waals surface area contributed by atoms with E-state index in [4.69, 9.17) is 0 Å². The molecule has 1 aliphatic rings. The Morgan fingerprint density at radius 1 is 1.33 bits per heavy atom. The summed E-state index contributed by atoms with van der Waals surface area (Å²) in [7, 11) is 0. The van der Waals surface area contributed by atoms with Crippen LogP contribution in [0.3, 0.4) is 0 Å². The van der Waals surface area contributed by atoms with Crippen molar-refractivity contribution in [1.29, 1.82) is 0 Å². The van der Waals surface area contributed by atoms with Crippen molar-refractivity contribution in [1.82, 2.24) is 5.32 Å². The molecule has 1 aliphatic carbocycles. The third-order valence-electron chi connectivity index (χ3n) is 4.79. The molecule has 0 amide bonds. The van der Waals surface area contributed by atoms with E-state index in [0.717, 1.165) is 31.6 Å². The smallest absolute Gasteiger partial charge is 0.0771 e. The minimum atomic E-state index is -0.697. The summed E-state index contributed by atoms with van der Waals surface area (Å²) >= 11 is 0. The Bertz CT molecular complexity index is 243. The van der Waals surface area contributed by atoms with Crippen molar-refractivity contribution in [2.45, 2.75) is 71.0 Å². The van der Waals surface area contributed by atoms with Crippen LogP contribution in [0.1, 0.15) is 59.8 Å². The second kappa shape index (κ2) is 6.36. The first kappa shape index (κ1) is 15.9. The summed E-state index contributed by atoms with van der Waals surface area (Å²) < 4.78 is 0. The molecule has 0 radical (unpaired) electrons. The Hall–Kier alpha value is -0.120. The topological polar surface area (TPSA) is 52.5 Å². The van der Waals surface area contributed by atoms with Gasteiger partial charge in [0.05, 0.1) is 11.2 Å². The Balaban J connectivity index is 2.31. The standard InChI is InChI=1S/C15H31NO2/c1-5-13-6-8-15(18,9-7-13)11-16-10-14(4,17)12(2)3/h12-13,16-18H,5-11H2,1-4H3. The van der Waals surface area contributed by atoms with Crippen LogP contribution >= 0.6 is 0 Å². The lowest BCUT2D eigenvalue weighted by molar-refractivity contribution is -0.0226. The molecular formula is C15H31NO2. The normalized spacial score (nSPS) is 32.5. The highest BCUT2D eigenvalue weighted by Crippen LogP contribution is 2.33. The van der Waals surface area contributed by atoms with Crippen molar-refractivity contribution < 1.29 is 10.2 Å². The van der Waals surface area contributed by atoms with E-state index in [2.05, 4.69) is 12.2 Å². The first-order valence-corrected chi connectivity index (χ1v) is 7.44. The van der Waals surface area contributed by atoms with E-state index < -0.39 is 11.2 Å². The lowest BCUT2D eigenvalue weighted by Gasteiger charge is -2.37. The molecule has 1 unspecified atom stereocenters. The van der Waals surface area contributed by atoms with Gasteiger partial charge in [-0.1, -0.05) is 27.2 Å². The highest BCUT2D eigenvalue weighted by Gasteiger charge is 2.33. The Kier molecular flexibility index (Phi) is 5.63. The lowest BCUT2D eigenvalue weighted by Crippen LogP contribution is -2.49. The van der Waals surface area contributed by atoms with E-state index in [0.29, 0.717) is 13.1 Å². The molecule has 18 heavy (non-hydrogen) atoms. The summed E-state index contributed by atoms with van der Waals surface area (Å²) in [5.41, 5.74) is -1.25. The van der Waals surface area contributed by atoms with Crippen LogP contribution in [0.4, 0.5) is 0 Å². The predicted molar refractivity (Wildman–Crippen MR) is 75.5 cm³/mol. The van der Waals surface area contributed by atoms with Crippen LogP contribution < -0.4 is 5.32 Å². The molecule has 0 aliphatic heterocycles.